The number of nitrogens with zero attached hydrogens (tertiary/aromatic N) is 4. The predicted molar refractivity (Wildman–Crippen MR) is 144 cm³/mol. The van der Waals surface area contributed by atoms with Gasteiger partial charge >= 0.3 is 0 Å². The van der Waals surface area contributed by atoms with Crippen LogP contribution < -0.4 is 5.32 Å². The first-order valence-electron chi connectivity index (χ1n) is 14.5. The number of piperidine rings is 1. The Morgan fingerprint density at radius 1 is 1.23 bits per heavy atom. The summed E-state index contributed by atoms with van der Waals surface area (Å²) in [5, 5.41) is 53.0. The van der Waals surface area contributed by atoms with Gasteiger partial charge in [-0.1, -0.05) is 30.7 Å². The average molecular weight is 550 g/mol. The predicted octanol–water partition coefficient (Wildman–Crippen LogP) is 0.926. The maximum atomic E-state index is 11.8. The van der Waals surface area contributed by atoms with Crippen LogP contribution in [0.15, 0.2) is 17.8 Å². The van der Waals surface area contributed by atoms with Crippen molar-refractivity contribution in [2.24, 2.45) is 11.3 Å². The Bertz CT molecular complexity index is 987. The van der Waals surface area contributed by atoms with Gasteiger partial charge in [-0.3, -0.25) is 9.69 Å². The largest absolute Gasteiger partial charge is 0.395 e. The van der Waals surface area contributed by atoms with Gasteiger partial charge in [0.25, 0.3) is 0 Å². The summed E-state index contributed by atoms with van der Waals surface area (Å²) in [7, 11) is 0. The fraction of sp³-hybridized carbons (Fsp3) is 0.821. The monoisotopic (exact) mass is 549 g/mol. The summed E-state index contributed by atoms with van der Waals surface area (Å²) in [6.07, 6.45) is 9.60. The van der Waals surface area contributed by atoms with Crippen molar-refractivity contribution in [3.63, 3.8) is 0 Å². The molecule has 0 aromatic carbocycles. The number of allylic oxidation sites excluding steroid dienone is 2. The first kappa shape index (κ1) is 30.1. The normalized spacial score (nSPS) is 34.0. The van der Waals surface area contributed by atoms with Gasteiger partial charge in [0.1, 0.15) is 12.8 Å². The molecular formula is C28H47N5O6. The fourth-order valence-corrected chi connectivity index (χ4v) is 7.10. The Kier molecular flexibility index (Phi) is 10.2. The van der Waals surface area contributed by atoms with Crippen LogP contribution >= 0.6 is 0 Å². The van der Waals surface area contributed by atoms with Crippen molar-refractivity contribution >= 4 is 5.91 Å². The Balaban J connectivity index is 1.41. The smallest absolute Gasteiger partial charge is 0.217 e. The minimum absolute atomic E-state index is 0.115. The molecule has 1 saturated carbocycles. The van der Waals surface area contributed by atoms with E-state index in [4.69, 9.17) is 4.74 Å². The number of carbonyl (C=O) groups excluding carboxylic acids is 1. The van der Waals surface area contributed by atoms with Crippen molar-refractivity contribution in [3.8, 4) is 0 Å². The second kappa shape index (κ2) is 13.2. The van der Waals surface area contributed by atoms with E-state index in [1.807, 2.05) is 13.1 Å². The Hall–Kier alpha value is -1.89. The number of nitrogens with one attached hydrogen (secondary N) is 1. The quantitative estimate of drug-likeness (QED) is 0.240. The van der Waals surface area contributed by atoms with Crippen molar-refractivity contribution in [3.05, 3.63) is 23.5 Å². The van der Waals surface area contributed by atoms with Crippen molar-refractivity contribution in [2.75, 3.05) is 26.4 Å². The zero-order valence-electron chi connectivity index (χ0n) is 23.6. The van der Waals surface area contributed by atoms with Crippen molar-refractivity contribution < 1.29 is 30.0 Å². The van der Waals surface area contributed by atoms with E-state index >= 15 is 0 Å². The molecule has 2 fully saturated rings. The minimum Gasteiger partial charge on any atom is -0.395 e. The maximum absolute atomic E-state index is 11.8. The van der Waals surface area contributed by atoms with Crippen LogP contribution in [0.3, 0.4) is 0 Å². The molecule has 1 aliphatic heterocycles. The Morgan fingerprint density at radius 3 is 2.67 bits per heavy atom. The number of ether oxygens (including phenoxy) is 1. The third-order valence-electron chi connectivity index (χ3n) is 9.15. The van der Waals surface area contributed by atoms with Crippen LogP contribution in [-0.2, 0) is 16.3 Å². The van der Waals surface area contributed by atoms with Crippen LogP contribution in [0.25, 0.3) is 0 Å². The molecule has 2 aliphatic carbocycles. The second-order valence-electron chi connectivity index (χ2n) is 11.9. The molecule has 11 heteroatoms. The van der Waals surface area contributed by atoms with Crippen molar-refractivity contribution in [1.82, 2.24) is 25.2 Å². The summed E-state index contributed by atoms with van der Waals surface area (Å²) in [5.74, 6) is 0.155. The third kappa shape index (κ3) is 6.71. The molecule has 0 radical (unpaired) electrons. The molecule has 8 atom stereocenters. The van der Waals surface area contributed by atoms with Crippen LogP contribution in [0.4, 0.5) is 0 Å². The molecular weight excluding hydrogens is 502 g/mol. The van der Waals surface area contributed by atoms with Gasteiger partial charge in [-0.05, 0) is 56.3 Å². The highest BCUT2D eigenvalue weighted by Crippen LogP contribution is 2.48. The highest BCUT2D eigenvalue weighted by Gasteiger charge is 2.48. The van der Waals surface area contributed by atoms with Crippen LogP contribution in [-0.4, -0.2) is 103 Å². The summed E-state index contributed by atoms with van der Waals surface area (Å²) in [6.45, 7) is 6.21. The molecule has 0 spiro atoms. The fourth-order valence-electron chi connectivity index (χ4n) is 7.10. The van der Waals surface area contributed by atoms with Gasteiger partial charge in [0.05, 0.1) is 55.9 Å². The first-order valence-corrected chi connectivity index (χ1v) is 14.5. The van der Waals surface area contributed by atoms with E-state index in [9.17, 15) is 25.2 Å². The number of aliphatic hydroxyl groups is 4. The number of rotatable bonds is 12. The highest BCUT2D eigenvalue weighted by atomic mass is 16.5. The number of hydrogen-bond acceptors (Lipinski definition) is 9. The molecule has 4 rings (SSSR count). The van der Waals surface area contributed by atoms with E-state index < -0.39 is 36.9 Å². The lowest BCUT2D eigenvalue weighted by Crippen LogP contribution is -2.72. The number of fused-ring (bicyclic) bond motifs is 2. The lowest BCUT2D eigenvalue weighted by Gasteiger charge is -2.50. The van der Waals surface area contributed by atoms with Gasteiger partial charge < -0.3 is 30.5 Å². The van der Waals surface area contributed by atoms with Crippen LogP contribution in [0.1, 0.15) is 77.3 Å². The molecule has 2 bridgehead atoms. The number of amides is 1. The van der Waals surface area contributed by atoms with Gasteiger partial charge in [-0.25, -0.2) is 4.68 Å². The first-order chi connectivity index (χ1) is 18.7. The number of hydrogen-bond donors (Lipinski definition) is 5. The molecule has 2 heterocycles. The number of aliphatic hydroxyl groups excluding tert-OH is 4. The second-order valence-corrected chi connectivity index (χ2v) is 11.9. The van der Waals surface area contributed by atoms with Crippen LogP contribution in [0, 0.1) is 11.3 Å². The van der Waals surface area contributed by atoms with Gasteiger partial charge in [0, 0.05) is 19.4 Å². The van der Waals surface area contributed by atoms with Crippen molar-refractivity contribution in [1.29, 1.82) is 0 Å². The van der Waals surface area contributed by atoms with Crippen LogP contribution in [0.2, 0.25) is 0 Å². The minimum atomic E-state index is -1.32. The zero-order valence-corrected chi connectivity index (χ0v) is 23.6. The molecule has 39 heavy (non-hydrogen) atoms. The average Bonchev–Trinajstić information content (AvgIpc) is 3.38. The van der Waals surface area contributed by atoms with E-state index in [1.54, 1.807) is 15.2 Å². The van der Waals surface area contributed by atoms with E-state index in [0.29, 0.717) is 32.2 Å². The molecule has 8 unspecified atom stereocenters. The molecule has 1 aromatic rings. The Morgan fingerprint density at radius 2 is 2.00 bits per heavy atom. The van der Waals surface area contributed by atoms with E-state index in [1.165, 1.54) is 39.0 Å². The summed E-state index contributed by atoms with van der Waals surface area (Å²) >= 11 is 0. The van der Waals surface area contributed by atoms with Gasteiger partial charge in [0.15, 0.2) is 0 Å². The summed E-state index contributed by atoms with van der Waals surface area (Å²) in [6, 6.07) is -2.37. The van der Waals surface area contributed by atoms with Gasteiger partial charge in [-0.2, -0.15) is 0 Å². The maximum Gasteiger partial charge on any atom is 0.217 e. The van der Waals surface area contributed by atoms with Crippen molar-refractivity contribution in [2.45, 2.75) is 109 Å². The zero-order chi connectivity index (χ0) is 28.2. The summed E-state index contributed by atoms with van der Waals surface area (Å²) < 4.78 is 7.91. The third-order valence-corrected chi connectivity index (χ3v) is 9.15. The van der Waals surface area contributed by atoms with E-state index in [-0.39, 0.29) is 23.8 Å². The number of carbonyl (C=O) groups is 1. The molecule has 1 aromatic heterocycles. The standard InChI is InChI=1S/C28H47N5O6/c1-4-19-9-20-7-6-8-28(10-19,11-20)16-39-17-32-13-22(30-31-32)21(5-2)12-33-23(14-34)25(29-18(3)36)27(38)26(37)24(33)15-35/h9,13,19,21,23-27,34-35,37-38H,4-8,10-12,14-17H2,1-3H3,(H,29,36). The molecule has 1 saturated heterocycles. The number of aromatic nitrogens is 3. The summed E-state index contributed by atoms with van der Waals surface area (Å²) in [5.41, 5.74) is 2.56. The SMILES string of the molecule is CCC1C=C2CCCC(COCn3cc(C(CC)CN4C(CO)C(O)C(O)C(NC(C)=O)C4CO)nn3)(C2)C1. The number of likely N-dealkylation sites (tertiary alicyclic amines) is 1. The lowest BCUT2D eigenvalue weighted by atomic mass is 9.63. The highest BCUT2D eigenvalue weighted by molar-refractivity contribution is 5.73. The summed E-state index contributed by atoms with van der Waals surface area (Å²) in [4.78, 5) is 13.6. The van der Waals surface area contributed by atoms with E-state index in [2.05, 4.69) is 28.6 Å². The topological polar surface area (TPSA) is 153 Å². The van der Waals surface area contributed by atoms with E-state index in [0.717, 1.165) is 12.1 Å². The molecule has 1 amide bonds. The van der Waals surface area contributed by atoms with Gasteiger partial charge in [-0.15, -0.1) is 5.10 Å². The Labute approximate surface area is 231 Å². The van der Waals surface area contributed by atoms with Gasteiger partial charge in [0.2, 0.25) is 5.91 Å². The molecule has 220 valence electrons. The molecule has 3 aliphatic rings. The lowest BCUT2D eigenvalue weighted by molar-refractivity contribution is -0.145. The van der Waals surface area contributed by atoms with Crippen LogP contribution in [0.5, 0.6) is 0 Å². The molecule has 11 nitrogen and oxygen atoms in total. The molecule has 5 N–H and O–H groups in total.